The summed E-state index contributed by atoms with van der Waals surface area (Å²) < 4.78 is 36.7. The van der Waals surface area contributed by atoms with Crippen molar-refractivity contribution in [3.63, 3.8) is 0 Å². The van der Waals surface area contributed by atoms with Crippen LogP contribution >= 0.6 is 0 Å². The predicted molar refractivity (Wildman–Crippen MR) is 151 cm³/mol. The van der Waals surface area contributed by atoms with Crippen LogP contribution in [-0.4, -0.2) is 97.2 Å². The lowest BCUT2D eigenvalue weighted by Gasteiger charge is -2.33. The number of benzene rings is 1. The molecule has 3 aromatic heterocycles. The summed E-state index contributed by atoms with van der Waals surface area (Å²) in [6, 6.07) is 7.93. The second-order valence-corrected chi connectivity index (χ2v) is 13.0. The molecule has 2 saturated heterocycles. The number of nitrogens with zero attached hydrogens (tertiary/aromatic N) is 8. The average Bonchev–Trinajstić information content (AvgIpc) is 3.72. The Labute approximate surface area is 237 Å². The number of sulfonamides is 1. The van der Waals surface area contributed by atoms with Crippen LogP contribution in [0.25, 0.3) is 28.1 Å². The molecule has 1 aliphatic carbocycles. The van der Waals surface area contributed by atoms with E-state index in [2.05, 4.69) is 12.2 Å². The van der Waals surface area contributed by atoms with Crippen molar-refractivity contribution in [3.8, 4) is 5.95 Å². The number of amides is 1. The van der Waals surface area contributed by atoms with Gasteiger partial charge in [-0.2, -0.15) is 9.29 Å². The molecule has 13 nitrogen and oxygen atoms in total. The van der Waals surface area contributed by atoms with E-state index < -0.39 is 10.0 Å². The maximum Gasteiger partial charge on any atom is 0.238 e. The van der Waals surface area contributed by atoms with E-state index in [9.17, 15) is 13.2 Å². The Morgan fingerprint density at radius 2 is 1.90 bits per heavy atom. The molecule has 216 valence electrons. The Balaban J connectivity index is 1.27. The molecular weight excluding hydrogens is 546 g/mol. The SMILES string of the molecule is CCc1nc2ccccc2n1-c1nc(C2CNCCO2)c2nc(CN3CCN(S(=O)(=O)C4CC4)CC3=O)n(C)c2n1. The van der Waals surface area contributed by atoms with Crippen molar-refractivity contribution in [2.75, 3.05) is 39.3 Å². The maximum absolute atomic E-state index is 13.1. The number of aryl methyl sites for hydroxylation is 2. The number of hydrogen-bond donors (Lipinski definition) is 1. The molecule has 2 aliphatic heterocycles. The first kappa shape index (κ1) is 26.4. The van der Waals surface area contributed by atoms with Gasteiger partial charge in [-0.25, -0.2) is 23.4 Å². The second-order valence-electron chi connectivity index (χ2n) is 10.8. The Kier molecular flexibility index (Phi) is 6.52. The summed E-state index contributed by atoms with van der Waals surface area (Å²) in [4.78, 5) is 34.5. The van der Waals surface area contributed by atoms with Gasteiger partial charge in [-0.05, 0) is 25.0 Å². The van der Waals surface area contributed by atoms with Crippen molar-refractivity contribution >= 4 is 38.1 Å². The standard InChI is InChI=1S/C27H33N9O4S/c1-3-21-29-18-6-4-5-7-19(18)36(21)27-31-24(20-14-28-10-13-40-20)25-26(32-27)33(2)22(30-25)15-34-11-12-35(16-23(34)37)41(38,39)17-8-9-17/h4-7,17,20,28H,3,8-16H2,1-2H3. The fourth-order valence-electron chi connectivity index (χ4n) is 5.68. The predicted octanol–water partition coefficient (Wildman–Crippen LogP) is 1.06. The van der Waals surface area contributed by atoms with Crippen molar-refractivity contribution in [2.45, 2.75) is 44.1 Å². The molecule has 0 bridgehead atoms. The first-order valence-corrected chi connectivity index (χ1v) is 15.6. The summed E-state index contributed by atoms with van der Waals surface area (Å²) in [7, 11) is -1.51. The lowest BCUT2D eigenvalue weighted by molar-refractivity contribution is -0.134. The third-order valence-corrected chi connectivity index (χ3v) is 10.5. The number of aromatic nitrogens is 6. The topological polar surface area (TPSA) is 140 Å². The fourth-order valence-corrected chi connectivity index (χ4v) is 7.46. The number of hydrogen-bond acceptors (Lipinski definition) is 9. The summed E-state index contributed by atoms with van der Waals surface area (Å²) in [6.07, 6.45) is 1.75. The van der Waals surface area contributed by atoms with E-state index in [0.717, 1.165) is 23.4 Å². The molecule has 0 radical (unpaired) electrons. The molecule has 0 spiro atoms. The molecule has 41 heavy (non-hydrogen) atoms. The van der Waals surface area contributed by atoms with Crippen LogP contribution in [0.4, 0.5) is 0 Å². The highest BCUT2D eigenvalue weighted by Crippen LogP contribution is 2.32. The highest BCUT2D eigenvalue weighted by molar-refractivity contribution is 7.90. The number of carbonyl (C=O) groups is 1. The Morgan fingerprint density at radius 3 is 2.63 bits per heavy atom. The van der Waals surface area contributed by atoms with Crippen LogP contribution in [0.3, 0.4) is 0 Å². The minimum Gasteiger partial charge on any atom is -0.369 e. The van der Waals surface area contributed by atoms with Crippen molar-refractivity contribution in [3.05, 3.63) is 41.6 Å². The summed E-state index contributed by atoms with van der Waals surface area (Å²) in [5.41, 5.74) is 3.74. The quantitative estimate of drug-likeness (QED) is 0.340. The van der Waals surface area contributed by atoms with Gasteiger partial charge in [0.25, 0.3) is 0 Å². The van der Waals surface area contributed by atoms with Crippen molar-refractivity contribution in [1.29, 1.82) is 0 Å². The molecule has 3 aliphatic rings. The number of fused-ring (bicyclic) bond motifs is 2. The molecule has 1 N–H and O–H groups in total. The number of nitrogens with one attached hydrogen (secondary N) is 1. The number of rotatable bonds is 7. The van der Waals surface area contributed by atoms with Crippen molar-refractivity contribution in [2.24, 2.45) is 7.05 Å². The third kappa shape index (κ3) is 4.58. The van der Waals surface area contributed by atoms with E-state index in [0.29, 0.717) is 74.1 Å². The summed E-state index contributed by atoms with van der Waals surface area (Å²) >= 11 is 0. The zero-order valence-electron chi connectivity index (χ0n) is 23.2. The highest BCUT2D eigenvalue weighted by Gasteiger charge is 2.42. The minimum atomic E-state index is -3.39. The molecule has 1 unspecified atom stereocenters. The van der Waals surface area contributed by atoms with Crippen molar-refractivity contribution in [1.82, 2.24) is 43.6 Å². The summed E-state index contributed by atoms with van der Waals surface area (Å²) in [5, 5.41) is 3.05. The molecule has 1 saturated carbocycles. The first-order chi connectivity index (χ1) is 19.8. The van der Waals surface area contributed by atoms with Gasteiger partial charge in [-0.15, -0.1) is 0 Å². The van der Waals surface area contributed by atoms with Crippen LogP contribution in [0.1, 0.15) is 43.2 Å². The number of para-hydroxylation sites is 2. The average molecular weight is 580 g/mol. The molecule has 3 fully saturated rings. The van der Waals surface area contributed by atoms with Gasteiger partial charge in [0.05, 0.1) is 36.0 Å². The Hall–Kier alpha value is -3.46. The summed E-state index contributed by atoms with van der Waals surface area (Å²) in [5.74, 6) is 1.77. The van der Waals surface area contributed by atoms with Crippen LogP contribution in [0.5, 0.6) is 0 Å². The molecule has 4 aromatic rings. The van der Waals surface area contributed by atoms with Gasteiger partial charge in [0.1, 0.15) is 29.0 Å². The van der Waals surface area contributed by atoms with Gasteiger partial charge >= 0.3 is 0 Å². The smallest absolute Gasteiger partial charge is 0.238 e. The van der Waals surface area contributed by atoms with E-state index in [1.165, 1.54) is 4.31 Å². The largest absolute Gasteiger partial charge is 0.369 e. The van der Waals surface area contributed by atoms with E-state index in [1.54, 1.807) is 4.90 Å². The van der Waals surface area contributed by atoms with Crippen LogP contribution in [0.2, 0.25) is 0 Å². The van der Waals surface area contributed by atoms with Crippen LogP contribution in [0.15, 0.2) is 24.3 Å². The molecule has 1 aromatic carbocycles. The fraction of sp³-hybridized carbons (Fsp3) is 0.519. The number of carbonyl (C=O) groups excluding carboxylic acids is 1. The van der Waals surface area contributed by atoms with Gasteiger partial charge in [0.2, 0.25) is 21.9 Å². The van der Waals surface area contributed by atoms with E-state index in [-0.39, 0.29) is 30.4 Å². The number of imidazole rings is 2. The lowest BCUT2D eigenvalue weighted by Crippen LogP contribution is -2.52. The maximum atomic E-state index is 13.1. The normalized spacial score (nSPS) is 20.9. The monoisotopic (exact) mass is 579 g/mol. The first-order valence-electron chi connectivity index (χ1n) is 14.1. The summed E-state index contributed by atoms with van der Waals surface area (Å²) in [6.45, 7) is 4.69. The molecule has 1 amide bonds. The molecular formula is C27H33N9O4S. The van der Waals surface area contributed by atoms with Crippen LogP contribution in [0, 0.1) is 0 Å². The molecule has 5 heterocycles. The Morgan fingerprint density at radius 1 is 1.07 bits per heavy atom. The molecule has 14 heteroatoms. The van der Waals surface area contributed by atoms with Crippen LogP contribution < -0.4 is 5.32 Å². The number of ether oxygens (including phenoxy) is 1. The van der Waals surface area contributed by atoms with Gasteiger partial charge in [-0.1, -0.05) is 19.1 Å². The van der Waals surface area contributed by atoms with Crippen molar-refractivity contribution < 1.29 is 17.9 Å². The van der Waals surface area contributed by atoms with Gasteiger partial charge in [0.15, 0.2) is 5.65 Å². The highest BCUT2D eigenvalue weighted by atomic mass is 32.2. The Bertz CT molecular complexity index is 1760. The van der Waals surface area contributed by atoms with Gasteiger partial charge in [-0.3, -0.25) is 9.36 Å². The third-order valence-electron chi connectivity index (χ3n) is 8.13. The number of morpholine rings is 1. The molecule has 1 atom stereocenters. The van der Waals surface area contributed by atoms with Crippen LogP contribution in [-0.2, 0) is 39.6 Å². The van der Waals surface area contributed by atoms with E-state index in [4.69, 9.17) is 24.7 Å². The lowest BCUT2D eigenvalue weighted by atomic mass is 10.2. The van der Waals surface area contributed by atoms with Gasteiger partial charge < -0.3 is 19.5 Å². The van der Waals surface area contributed by atoms with E-state index >= 15 is 0 Å². The zero-order chi connectivity index (χ0) is 28.3. The zero-order valence-corrected chi connectivity index (χ0v) is 24.0. The number of piperazine rings is 1. The second kappa shape index (κ2) is 10.1. The van der Waals surface area contributed by atoms with Gasteiger partial charge in [0, 0.05) is 39.6 Å². The molecule has 7 rings (SSSR count). The van der Waals surface area contributed by atoms with E-state index in [1.807, 2.05) is 40.4 Å². The minimum absolute atomic E-state index is 0.132.